The first-order chi connectivity index (χ1) is 16.8. The van der Waals surface area contributed by atoms with Crippen LogP contribution in [0.2, 0.25) is 10.0 Å². The summed E-state index contributed by atoms with van der Waals surface area (Å²) in [4.78, 5) is 4.41. The molecule has 188 valence electrons. The van der Waals surface area contributed by atoms with E-state index in [-0.39, 0.29) is 5.92 Å². The molecule has 1 heterocycles. The van der Waals surface area contributed by atoms with Gasteiger partial charge in [0, 0.05) is 60.0 Å². The zero-order valence-electron chi connectivity index (χ0n) is 20.9. The molecule has 0 saturated carbocycles. The predicted octanol–water partition coefficient (Wildman–Crippen LogP) is 5.25. The van der Waals surface area contributed by atoms with Crippen LogP contribution in [0.1, 0.15) is 29.2 Å². The smallest absolute Gasteiger partial charge is 0.141 e. The minimum absolute atomic E-state index is 0.107. The van der Waals surface area contributed by atoms with Crippen LogP contribution in [0.3, 0.4) is 0 Å². The number of halogens is 2. The molecule has 0 fully saturated rings. The van der Waals surface area contributed by atoms with Crippen molar-refractivity contribution in [1.82, 2.24) is 15.1 Å². The van der Waals surface area contributed by atoms with E-state index in [0.717, 1.165) is 66.2 Å². The predicted molar refractivity (Wildman–Crippen MR) is 145 cm³/mol. The molecule has 0 amide bonds. The maximum Gasteiger partial charge on any atom is 0.141 e. The third-order valence-electron chi connectivity index (χ3n) is 6.77. The Morgan fingerprint density at radius 2 is 1.77 bits per heavy atom. The van der Waals surface area contributed by atoms with Gasteiger partial charge in [0.25, 0.3) is 0 Å². The number of anilines is 2. The van der Waals surface area contributed by atoms with Crippen molar-refractivity contribution in [3.8, 4) is 22.8 Å². The van der Waals surface area contributed by atoms with Gasteiger partial charge in [-0.3, -0.25) is 5.10 Å². The number of rotatable bonds is 8. The number of benzene rings is 2. The summed E-state index contributed by atoms with van der Waals surface area (Å²) in [6.07, 6.45) is 2.43. The van der Waals surface area contributed by atoms with Crippen molar-refractivity contribution >= 4 is 34.6 Å². The molecule has 0 bridgehead atoms. The lowest BCUT2D eigenvalue weighted by molar-refractivity contribution is 0.392. The second kappa shape index (κ2) is 10.6. The monoisotopic (exact) mass is 517 g/mol. The van der Waals surface area contributed by atoms with Gasteiger partial charge in [0.15, 0.2) is 0 Å². The van der Waals surface area contributed by atoms with Gasteiger partial charge < -0.3 is 25.0 Å². The number of nitrogens with two attached hydrogens (primary N) is 1. The van der Waals surface area contributed by atoms with E-state index in [9.17, 15) is 0 Å². The Bertz CT molecular complexity index is 1180. The summed E-state index contributed by atoms with van der Waals surface area (Å²) in [7, 11) is 9.43. The first-order valence-electron chi connectivity index (χ1n) is 11.7. The minimum atomic E-state index is 0.107. The first kappa shape index (κ1) is 25.5. The molecule has 1 unspecified atom stereocenters. The quantitative estimate of drug-likeness (QED) is 0.397. The number of likely N-dealkylation sites (N-methyl/N-ethyl adjacent to an activating group) is 2. The lowest BCUT2D eigenvalue weighted by Crippen LogP contribution is -2.29. The van der Waals surface area contributed by atoms with Crippen LogP contribution < -0.4 is 20.1 Å². The zero-order chi connectivity index (χ0) is 25.3. The summed E-state index contributed by atoms with van der Waals surface area (Å²) < 4.78 is 11.0. The fourth-order valence-electron chi connectivity index (χ4n) is 4.83. The number of aromatic nitrogens is 2. The van der Waals surface area contributed by atoms with Crippen LogP contribution in [-0.2, 0) is 12.8 Å². The van der Waals surface area contributed by atoms with Crippen molar-refractivity contribution in [3.05, 3.63) is 51.1 Å². The Morgan fingerprint density at radius 1 is 1.09 bits per heavy atom. The molecule has 1 aromatic heterocycles. The molecular weight excluding hydrogens is 485 g/mol. The summed E-state index contributed by atoms with van der Waals surface area (Å²) in [6.45, 7) is 1.82. The number of aromatic amines is 1. The van der Waals surface area contributed by atoms with Crippen molar-refractivity contribution < 1.29 is 9.47 Å². The molecule has 0 spiro atoms. The largest absolute Gasteiger partial charge is 0.495 e. The number of nitrogens with one attached hydrogen (secondary N) is 1. The summed E-state index contributed by atoms with van der Waals surface area (Å²) in [5, 5.41) is 9.10. The van der Waals surface area contributed by atoms with Crippen LogP contribution in [0.4, 0.5) is 11.4 Å². The number of fused-ring (bicyclic) bond motifs is 1. The Morgan fingerprint density at radius 3 is 2.40 bits per heavy atom. The Labute approximate surface area is 217 Å². The highest BCUT2D eigenvalue weighted by Crippen LogP contribution is 2.48. The maximum atomic E-state index is 6.72. The molecule has 35 heavy (non-hydrogen) atoms. The van der Waals surface area contributed by atoms with Crippen molar-refractivity contribution in [2.45, 2.75) is 25.2 Å². The van der Waals surface area contributed by atoms with Crippen molar-refractivity contribution in [1.29, 1.82) is 0 Å². The standard InChI is InChI=1S/C26H33Cl2N5O2/c1-32(2)11-12-33(3)19-8-6-7-17(29)23(19)26-16-10-9-15(13-18(16)30-31-26)22-24(27)20(34-4)14-21(35-5)25(22)28/h6-8,14-15H,9-13,29H2,1-5H3,(H,30,31). The van der Waals surface area contributed by atoms with Gasteiger partial charge in [-0.25, -0.2) is 0 Å². The van der Waals surface area contributed by atoms with Crippen molar-refractivity contribution in [3.63, 3.8) is 0 Å². The van der Waals surface area contributed by atoms with Crippen LogP contribution in [0.25, 0.3) is 11.3 Å². The van der Waals surface area contributed by atoms with Gasteiger partial charge in [-0.1, -0.05) is 29.3 Å². The van der Waals surface area contributed by atoms with Crippen LogP contribution in [0.15, 0.2) is 24.3 Å². The van der Waals surface area contributed by atoms with Gasteiger partial charge in [-0.2, -0.15) is 5.10 Å². The molecule has 2 aromatic carbocycles. The van der Waals surface area contributed by atoms with Crippen molar-refractivity contribution in [2.24, 2.45) is 0 Å². The molecule has 0 aliphatic heterocycles. The van der Waals surface area contributed by atoms with E-state index in [1.54, 1.807) is 20.3 Å². The highest BCUT2D eigenvalue weighted by Gasteiger charge is 2.31. The summed E-state index contributed by atoms with van der Waals surface area (Å²) in [5.74, 6) is 1.22. The molecule has 0 radical (unpaired) electrons. The molecule has 9 heteroatoms. The van der Waals surface area contributed by atoms with Crippen LogP contribution in [-0.4, -0.2) is 63.5 Å². The highest BCUT2D eigenvalue weighted by molar-refractivity contribution is 6.38. The highest BCUT2D eigenvalue weighted by atomic mass is 35.5. The van der Waals surface area contributed by atoms with Gasteiger partial charge in [-0.05, 0) is 51.4 Å². The lowest BCUT2D eigenvalue weighted by Gasteiger charge is -2.27. The van der Waals surface area contributed by atoms with Crippen LogP contribution in [0, 0.1) is 0 Å². The molecule has 3 aromatic rings. The molecule has 1 atom stereocenters. The second-order valence-corrected chi connectivity index (χ2v) is 10.0. The number of hydrogen-bond donors (Lipinski definition) is 2. The SMILES string of the molecule is COc1cc(OC)c(Cl)c(C2CCc3c(-c4c(N)cccc4N(C)CCN(C)C)n[nH]c3C2)c1Cl. The lowest BCUT2D eigenvalue weighted by atomic mass is 9.81. The van der Waals surface area contributed by atoms with E-state index in [0.29, 0.717) is 21.5 Å². The summed E-state index contributed by atoms with van der Waals surface area (Å²) >= 11 is 13.4. The fourth-order valence-corrected chi connectivity index (χ4v) is 5.64. The van der Waals surface area contributed by atoms with Gasteiger partial charge in [0.1, 0.15) is 11.5 Å². The van der Waals surface area contributed by atoms with E-state index in [1.807, 2.05) is 12.1 Å². The average Bonchev–Trinajstić information content (AvgIpc) is 3.25. The van der Waals surface area contributed by atoms with E-state index >= 15 is 0 Å². The molecule has 7 nitrogen and oxygen atoms in total. The Kier molecular flexibility index (Phi) is 7.69. The number of nitrogens with zero attached hydrogens (tertiary/aromatic N) is 3. The van der Waals surface area contributed by atoms with Crippen LogP contribution in [0.5, 0.6) is 11.5 Å². The van der Waals surface area contributed by atoms with Crippen molar-refractivity contribution in [2.75, 3.05) is 59.1 Å². The molecule has 0 saturated heterocycles. The number of ether oxygens (including phenoxy) is 2. The molecule has 1 aliphatic rings. The van der Waals surface area contributed by atoms with E-state index in [4.69, 9.17) is 43.5 Å². The Balaban J connectivity index is 1.70. The number of nitrogen functional groups attached to an aromatic ring is 1. The normalized spacial score (nSPS) is 15.3. The minimum Gasteiger partial charge on any atom is -0.495 e. The molecule has 3 N–H and O–H groups in total. The van der Waals surface area contributed by atoms with Gasteiger partial charge in [0.2, 0.25) is 0 Å². The second-order valence-electron chi connectivity index (χ2n) is 9.26. The number of H-pyrrole nitrogens is 1. The van der Waals surface area contributed by atoms with Gasteiger partial charge >= 0.3 is 0 Å². The third kappa shape index (κ3) is 4.90. The van der Waals surface area contributed by atoms with Crippen LogP contribution >= 0.6 is 23.2 Å². The van der Waals surface area contributed by atoms with E-state index < -0.39 is 0 Å². The fraction of sp³-hybridized carbons (Fsp3) is 0.423. The topological polar surface area (TPSA) is 79.6 Å². The maximum absolute atomic E-state index is 6.72. The zero-order valence-corrected chi connectivity index (χ0v) is 22.4. The van der Waals surface area contributed by atoms with Gasteiger partial charge in [0.05, 0.1) is 30.0 Å². The molecule has 1 aliphatic carbocycles. The Hall–Kier alpha value is -2.61. The summed E-state index contributed by atoms with van der Waals surface area (Å²) in [6, 6.07) is 7.77. The number of hydrogen-bond acceptors (Lipinski definition) is 6. The molecular formula is C26H33Cl2N5O2. The first-order valence-corrected chi connectivity index (χ1v) is 12.4. The van der Waals surface area contributed by atoms with E-state index in [1.165, 1.54) is 5.56 Å². The number of methoxy groups -OCH3 is 2. The average molecular weight is 518 g/mol. The third-order valence-corrected chi connectivity index (χ3v) is 7.55. The molecule has 4 rings (SSSR count). The van der Waals surface area contributed by atoms with Gasteiger partial charge in [-0.15, -0.1) is 0 Å². The summed E-state index contributed by atoms with van der Waals surface area (Å²) in [5.41, 5.74) is 13.3. The van der Waals surface area contributed by atoms with E-state index in [2.05, 4.69) is 42.1 Å².